The second-order valence-electron chi connectivity index (χ2n) is 8.93. The van der Waals surface area contributed by atoms with Crippen LogP contribution in [0.25, 0.3) is 0 Å². The van der Waals surface area contributed by atoms with E-state index in [2.05, 4.69) is 15.3 Å². The molecule has 1 N–H and O–H groups in total. The molecule has 33 heavy (non-hydrogen) atoms. The summed E-state index contributed by atoms with van der Waals surface area (Å²) in [6.45, 7) is 3.62. The van der Waals surface area contributed by atoms with E-state index in [0.29, 0.717) is 43.6 Å². The number of ether oxygens (including phenoxy) is 2. The lowest BCUT2D eigenvalue weighted by molar-refractivity contribution is -0.143. The first kappa shape index (κ1) is 21.8. The van der Waals surface area contributed by atoms with Crippen molar-refractivity contribution in [2.75, 3.05) is 44.6 Å². The van der Waals surface area contributed by atoms with E-state index in [0.717, 1.165) is 31.7 Å². The lowest BCUT2D eigenvalue weighted by atomic mass is 10.2. The van der Waals surface area contributed by atoms with Gasteiger partial charge >= 0.3 is 0 Å². The zero-order chi connectivity index (χ0) is 22.6. The molecular formula is C24H31N5O4. The van der Waals surface area contributed by atoms with Crippen molar-refractivity contribution in [2.45, 2.75) is 44.2 Å². The number of amides is 2. The first-order valence-electron chi connectivity index (χ1n) is 11.9. The molecule has 3 heterocycles. The van der Waals surface area contributed by atoms with Crippen LogP contribution in [0.4, 0.5) is 5.82 Å². The van der Waals surface area contributed by atoms with Crippen molar-refractivity contribution >= 4 is 17.6 Å². The van der Waals surface area contributed by atoms with Gasteiger partial charge in [0, 0.05) is 45.2 Å². The predicted molar refractivity (Wildman–Crippen MR) is 122 cm³/mol. The monoisotopic (exact) mass is 453 g/mol. The van der Waals surface area contributed by atoms with E-state index in [1.54, 1.807) is 6.20 Å². The minimum absolute atomic E-state index is 0.000303. The maximum atomic E-state index is 12.9. The average molecular weight is 454 g/mol. The van der Waals surface area contributed by atoms with Crippen molar-refractivity contribution in [3.05, 3.63) is 36.5 Å². The summed E-state index contributed by atoms with van der Waals surface area (Å²) < 4.78 is 13.5. The molecule has 0 unspecified atom stereocenters. The number of aromatic nitrogens is 2. The molecule has 176 valence electrons. The smallest absolute Gasteiger partial charge is 0.267 e. The third-order valence-corrected chi connectivity index (χ3v) is 6.73. The molecule has 9 nitrogen and oxygen atoms in total. The van der Waals surface area contributed by atoms with Gasteiger partial charge in [0.1, 0.15) is 12.4 Å². The van der Waals surface area contributed by atoms with Gasteiger partial charge in [0.25, 0.3) is 5.91 Å². The Morgan fingerprint density at radius 1 is 1.03 bits per heavy atom. The Balaban J connectivity index is 1.05. The van der Waals surface area contributed by atoms with Crippen LogP contribution >= 0.6 is 0 Å². The molecule has 0 bridgehead atoms. The number of para-hydroxylation sites is 2. The molecule has 3 aliphatic rings. The molecule has 2 amide bonds. The van der Waals surface area contributed by atoms with Crippen LogP contribution in [0.5, 0.6) is 11.5 Å². The quantitative estimate of drug-likeness (QED) is 0.722. The Bertz CT molecular complexity index is 979. The zero-order valence-electron chi connectivity index (χ0n) is 18.8. The summed E-state index contributed by atoms with van der Waals surface area (Å²) in [4.78, 5) is 29.5. The van der Waals surface area contributed by atoms with Gasteiger partial charge in [0.05, 0.1) is 12.2 Å². The van der Waals surface area contributed by atoms with E-state index in [1.807, 2.05) is 39.9 Å². The predicted octanol–water partition coefficient (Wildman–Crippen LogP) is 2.31. The average Bonchev–Trinajstić information content (AvgIpc) is 3.54. The van der Waals surface area contributed by atoms with Crippen LogP contribution in [0.3, 0.4) is 0 Å². The fraction of sp³-hybridized carbons (Fsp3) is 0.542. The highest BCUT2D eigenvalue weighted by molar-refractivity contribution is 5.90. The molecule has 1 aromatic heterocycles. The minimum atomic E-state index is -0.609. The van der Waals surface area contributed by atoms with Gasteiger partial charge in [-0.1, -0.05) is 25.0 Å². The molecule has 1 atom stereocenters. The number of fused-ring (bicyclic) bond motifs is 1. The Labute approximate surface area is 193 Å². The van der Waals surface area contributed by atoms with E-state index < -0.39 is 6.10 Å². The Hall–Kier alpha value is -3.07. The summed E-state index contributed by atoms with van der Waals surface area (Å²) in [7, 11) is 0. The molecule has 9 heteroatoms. The zero-order valence-corrected chi connectivity index (χ0v) is 18.8. The lowest BCUT2D eigenvalue weighted by Crippen LogP contribution is -2.54. The number of nitrogens with zero attached hydrogens (tertiary/aromatic N) is 4. The molecule has 5 rings (SSSR count). The first-order valence-corrected chi connectivity index (χ1v) is 11.9. The molecular weight excluding hydrogens is 422 g/mol. The molecule has 1 aliphatic carbocycles. The summed E-state index contributed by atoms with van der Waals surface area (Å²) in [6, 6.07) is 9.68. The van der Waals surface area contributed by atoms with E-state index in [-0.39, 0.29) is 18.4 Å². The molecule has 2 aliphatic heterocycles. The molecule has 1 saturated carbocycles. The van der Waals surface area contributed by atoms with Crippen LogP contribution in [0.2, 0.25) is 0 Å². The Kier molecular flexibility index (Phi) is 6.48. The summed E-state index contributed by atoms with van der Waals surface area (Å²) in [6.07, 6.45) is 6.25. The van der Waals surface area contributed by atoms with Crippen molar-refractivity contribution in [3.63, 3.8) is 0 Å². The maximum absolute atomic E-state index is 12.9. The molecule has 0 spiro atoms. The van der Waals surface area contributed by atoms with Crippen molar-refractivity contribution < 1.29 is 19.1 Å². The second kappa shape index (κ2) is 9.82. The number of rotatable bonds is 6. The summed E-state index contributed by atoms with van der Waals surface area (Å²) >= 11 is 0. The number of nitrogens with one attached hydrogen (secondary N) is 1. The van der Waals surface area contributed by atoms with Gasteiger partial charge in [0.2, 0.25) is 12.0 Å². The van der Waals surface area contributed by atoms with Gasteiger partial charge < -0.3 is 19.7 Å². The van der Waals surface area contributed by atoms with Crippen LogP contribution in [0, 0.1) is 0 Å². The van der Waals surface area contributed by atoms with Crippen molar-refractivity contribution in [1.82, 2.24) is 19.6 Å². The highest BCUT2D eigenvalue weighted by Gasteiger charge is 2.32. The molecule has 1 aromatic carbocycles. The van der Waals surface area contributed by atoms with E-state index in [9.17, 15) is 9.59 Å². The van der Waals surface area contributed by atoms with Crippen LogP contribution in [-0.4, -0.2) is 76.8 Å². The standard InChI is InChI=1S/C24H31N5O4/c30-23(26-22-9-11-25-29(22)18-5-1-2-6-18)10-12-27-13-15-28(16-14-27)24(31)21-17-32-19-7-3-4-8-20(19)33-21/h3-4,7-9,11,18,21H,1-2,5-6,10,12-17H2,(H,26,30)/t21-/m0/s1. The summed E-state index contributed by atoms with van der Waals surface area (Å²) in [5.41, 5.74) is 0. The van der Waals surface area contributed by atoms with Gasteiger partial charge in [-0.05, 0) is 25.0 Å². The SMILES string of the molecule is O=C(CCN1CCN(C(=O)[C@@H]2COc3ccccc3O2)CC1)Nc1ccnn1C1CCCC1. The third kappa shape index (κ3) is 4.98. The van der Waals surface area contributed by atoms with Gasteiger partial charge in [-0.3, -0.25) is 14.5 Å². The molecule has 2 fully saturated rings. The molecule has 0 radical (unpaired) electrons. The summed E-state index contributed by atoms with van der Waals surface area (Å²) in [5, 5.41) is 7.44. The maximum Gasteiger partial charge on any atom is 0.267 e. The minimum Gasteiger partial charge on any atom is -0.485 e. The van der Waals surface area contributed by atoms with Crippen molar-refractivity contribution in [3.8, 4) is 11.5 Å². The fourth-order valence-electron chi connectivity index (χ4n) is 4.85. The molecule has 1 saturated heterocycles. The normalized spacial score (nSPS) is 21.2. The Morgan fingerprint density at radius 3 is 2.58 bits per heavy atom. The number of benzene rings is 1. The summed E-state index contributed by atoms with van der Waals surface area (Å²) in [5.74, 6) is 2.04. The van der Waals surface area contributed by atoms with Crippen molar-refractivity contribution in [2.24, 2.45) is 0 Å². The number of hydrogen-bond acceptors (Lipinski definition) is 6. The van der Waals surface area contributed by atoms with E-state index in [4.69, 9.17) is 9.47 Å². The number of carbonyl (C=O) groups excluding carboxylic acids is 2. The second-order valence-corrected chi connectivity index (χ2v) is 8.93. The van der Waals surface area contributed by atoms with E-state index >= 15 is 0 Å². The van der Waals surface area contributed by atoms with Gasteiger partial charge in [-0.2, -0.15) is 5.10 Å². The number of carbonyl (C=O) groups is 2. The highest BCUT2D eigenvalue weighted by atomic mass is 16.6. The fourth-order valence-corrected chi connectivity index (χ4v) is 4.85. The number of piperazine rings is 1. The number of hydrogen-bond donors (Lipinski definition) is 1. The highest BCUT2D eigenvalue weighted by Crippen LogP contribution is 2.32. The van der Waals surface area contributed by atoms with Gasteiger partial charge in [-0.15, -0.1) is 0 Å². The van der Waals surface area contributed by atoms with Gasteiger partial charge in [0.15, 0.2) is 11.5 Å². The van der Waals surface area contributed by atoms with Crippen LogP contribution < -0.4 is 14.8 Å². The van der Waals surface area contributed by atoms with Crippen LogP contribution in [0.1, 0.15) is 38.1 Å². The largest absolute Gasteiger partial charge is 0.485 e. The van der Waals surface area contributed by atoms with Gasteiger partial charge in [-0.25, -0.2) is 4.68 Å². The van der Waals surface area contributed by atoms with Crippen molar-refractivity contribution in [1.29, 1.82) is 0 Å². The third-order valence-electron chi connectivity index (χ3n) is 6.73. The van der Waals surface area contributed by atoms with Crippen LogP contribution in [0.15, 0.2) is 36.5 Å². The van der Waals surface area contributed by atoms with Crippen LogP contribution in [-0.2, 0) is 9.59 Å². The molecule has 2 aromatic rings. The Morgan fingerprint density at radius 2 is 1.79 bits per heavy atom. The topological polar surface area (TPSA) is 88.9 Å². The number of anilines is 1. The lowest BCUT2D eigenvalue weighted by Gasteiger charge is -2.37. The van der Waals surface area contributed by atoms with E-state index in [1.165, 1.54) is 12.8 Å². The first-order chi connectivity index (χ1) is 16.2.